The van der Waals surface area contributed by atoms with Crippen molar-refractivity contribution in [3.05, 3.63) is 46.0 Å². The summed E-state index contributed by atoms with van der Waals surface area (Å²) in [4.78, 5) is 12.5. The molecule has 0 radical (unpaired) electrons. The van der Waals surface area contributed by atoms with E-state index in [2.05, 4.69) is 15.9 Å². The lowest BCUT2D eigenvalue weighted by Crippen LogP contribution is -2.52. The molecule has 2 rings (SSSR count). The van der Waals surface area contributed by atoms with Crippen molar-refractivity contribution in [3.63, 3.8) is 0 Å². The summed E-state index contributed by atoms with van der Waals surface area (Å²) < 4.78 is 4.09. The minimum atomic E-state index is -1.18. The monoisotopic (exact) mass is 300 g/mol. The highest BCUT2D eigenvalue weighted by atomic mass is 79.9. The van der Waals surface area contributed by atoms with E-state index in [9.17, 15) is 10.1 Å². The van der Waals surface area contributed by atoms with Gasteiger partial charge >= 0.3 is 4.45 Å². The summed E-state index contributed by atoms with van der Waals surface area (Å²) in [7, 11) is 0. The molecular formula is C11H13BrN2O3. The quantitative estimate of drug-likeness (QED) is 0.370. The molecule has 0 aliphatic carbocycles. The molecule has 5 nitrogen and oxygen atoms in total. The van der Waals surface area contributed by atoms with Gasteiger partial charge in [-0.15, -0.1) is 0 Å². The number of nitro groups is 1. The maximum absolute atomic E-state index is 10.9. The zero-order valence-electron chi connectivity index (χ0n) is 9.21. The molecule has 0 bridgehead atoms. The van der Waals surface area contributed by atoms with Crippen molar-refractivity contribution in [2.75, 3.05) is 19.9 Å². The summed E-state index contributed by atoms with van der Waals surface area (Å²) in [6.07, 6.45) is 0. The summed E-state index contributed by atoms with van der Waals surface area (Å²) in [6.45, 7) is 1.53. The third-order valence-electron chi connectivity index (χ3n) is 2.64. The van der Waals surface area contributed by atoms with Gasteiger partial charge in [0, 0.05) is 27.4 Å². The fourth-order valence-corrected chi connectivity index (χ4v) is 2.34. The molecule has 0 amide bonds. The fourth-order valence-electron chi connectivity index (χ4n) is 1.82. The van der Waals surface area contributed by atoms with Crippen molar-refractivity contribution in [1.82, 2.24) is 4.90 Å². The van der Waals surface area contributed by atoms with Gasteiger partial charge in [-0.2, -0.15) is 0 Å². The maximum Gasteiger partial charge on any atom is 0.309 e. The van der Waals surface area contributed by atoms with E-state index < -0.39 is 4.45 Å². The average Bonchev–Trinajstić information content (AvgIpc) is 2.30. The molecule has 1 fully saturated rings. The molecule has 6 heteroatoms. The van der Waals surface area contributed by atoms with E-state index in [0.29, 0.717) is 19.8 Å². The number of alkyl halides is 1. The number of hydrogen-bond acceptors (Lipinski definition) is 4. The molecule has 0 N–H and O–H groups in total. The van der Waals surface area contributed by atoms with Crippen LogP contribution in [0, 0.1) is 10.1 Å². The van der Waals surface area contributed by atoms with Crippen molar-refractivity contribution in [1.29, 1.82) is 0 Å². The summed E-state index contributed by atoms with van der Waals surface area (Å²) in [5.74, 6) is 0. The van der Waals surface area contributed by atoms with E-state index in [4.69, 9.17) is 4.74 Å². The van der Waals surface area contributed by atoms with Crippen molar-refractivity contribution in [3.8, 4) is 0 Å². The van der Waals surface area contributed by atoms with Gasteiger partial charge in [-0.25, -0.2) is 0 Å². The minimum Gasteiger partial charge on any atom is -0.358 e. The van der Waals surface area contributed by atoms with Crippen LogP contribution in [0.25, 0.3) is 0 Å². The van der Waals surface area contributed by atoms with E-state index in [1.807, 2.05) is 35.2 Å². The summed E-state index contributed by atoms with van der Waals surface area (Å²) in [6, 6.07) is 9.85. The second-order valence-electron chi connectivity index (χ2n) is 4.13. The van der Waals surface area contributed by atoms with E-state index >= 15 is 0 Å². The summed E-state index contributed by atoms with van der Waals surface area (Å²) in [5, 5.41) is 10.9. The zero-order valence-corrected chi connectivity index (χ0v) is 10.8. The molecule has 1 aromatic rings. The zero-order chi connectivity index (χ0) is 12.3. The van der Waals surface area contributed by atoms with Crippen molar-refractivity contribution >= 4 is 15.9 Å². The van der Waals surface area contributed by atoms with Crippen LogP contribution in [-0.4, -0.2) is 34.2 Å². The molecular weight excluding hydrogens is 288 g/mol. The molecule has 0 aromatic heterocycles. The predicted molar refractivity (Wildman–Crippen MR) is 66.3 cm³/mol. The normalized spacial score (nSPS) is 25.7. The number of ether oxygens (including phenoxy) is 1. The topological polar surface area (TPSA) is 55.6 Å². The molecule has 1 aliphatic rings. The van der Waals surface area contributed by atoms with Crippen LogP contribution < -0.4 is 0 Å². The highest BCUT2D eigenvalue weighted by molar-refractivity contribution is 9.10. The number of rotatable bonds is 3. The van der Waals surface area contributed by atoms with Gasteiger partial charge in [-0.3, -0.25) is 15.0 Å². The van der Waals surface area contributed by atoms with Gasteiger partial charge in [0.2, 0.25) is 0 Å². The van der Waals surface area contributed by atoms with Crippen LogP contribution in [0.4, 0.5) is 0 Å². The van der Waals surface area contributed by atoms with Crippen LogP contribution in [0.3, 0.4) is 0 Å². The molecule has 1 saturated heterocycles. The lowest BCUT2D eigenvalue weighted by molar-refractivity contribution is -0.546. The second-order valence-corrected chi connectivity index (χ2v) is 5.60. The highest BCUT2D eigenvalue weighted by Crippen LogP contribution is 2.25. The van der Waals surface area contributed by atoms with Crippen LogP contribution in [-0.2, 0) is 11.3 Å². The molecule has 0 spiro atoms. The Hall–Kier alpha value is -0.980. The predicted octanol–water partition coefficient (Wildman–Crippen LogP) is 1.84. The first-order chi connectivity index (χ1) is 8.10. The van der Waals surface area contributed by atoms with Crippen LogP contribution in [0.5, 0.6) is 0 Å². The smallest absolute Gasteiger partial charge is 0.309 e. The number of nitrogens with zero attached hydrogens (tertiary/aromatic N) is 2. The Kier molecular flexibility index (Phi) is 3.76. The van der Waals surface area contributed by atoms with E-state index in [1.54, 1.807) is 0 Å². The molecule has 1 atom stereocenters. The molecule has 92 valence electrons. The van der Waals surface area contributed by atoms with E-state index in [0.717, 1.165) is 5.56 Å². The standard InChI is InChI=1S/C11H13BrN2O3/c12-11(14(15)16)7-13(9-17-8-11)6-10-4-2-1-3-5-10/h1-5H,6-9H2. The van der Waals surface area contributed by atoms with Gasteiger partial charge < -0.3 is 4.74 Å². The van der Waals surface area contributed by atoms with Crippen LogP contribution in [0.1, 0.15) is 5.56 Å². The van der Waals surface area contributed by atoms with Gasteiger partial charge in [0.15, 0.2) is 0 Å². The molecule has 1 heterocycles. The van der Waals surface area contributed by atoms with Crippen LogP contribution in [0.2, 0.25) is 0 Å². The third-order valence-corrected chi connectivity index (χ3v) is 3.41. The van der Waals surface area contributed by atoms with Crippen molar-refractivity contribution < 1.29 is 9.66 Å². The van der Waals surface area contributed by atoms with Crippen molar-refractivity contribution in [2.45, 2.75) is 11.0 Å². The molecule has 1 aromatic carbocycles. The molecule has 17 heavy (non-hydrogen) atoms. The average molecular weight is 301 g/mol. The summed E-state index contributed by atoms with van der Waals surface area (Å²) >= 11 is 3.15. The van der Waals surface area contributed by atoms with Gasteiger partial charge in [0.25, 0.3) is 0 Å². The number of benzene rings is 1. The first kappa shape index (κ1) is 12.5. The Balaban J connectivity index is 2.01. The fraction of sp³-hybridized carbons (Fsp3) is 0.455. The van der Waals surface area contributed by atoms with E-state index in [-0.39, 0.29) is 11.5 Å². The second kappa shape index (κ2) is 5.12. The lowest BCUT2D eigenvalue weighted by atomic mass is 10.2. The van der Waals surface area contributed by atoms with Crippen LogP contribution in [0.15, 0.2) is 30.3 Å². The first-order valence-corrected chi connectivity index (χ1v) is 6.07. The van der Waals surface area contributed by atoms with Gasteiger partial charge in [-0.1, -0.05) is 30.3 Å². The number of halogens is 1. The first-order valence-electron chi connectivity index (χ1n) is 5.28. The van der Waals surface area contributed by atoms with Crippen molar-refractivity contribution in [2.24, 2.45) is 0 Å². The Morgan fingerprint density at radius 1 is 1.47 bits per heavy atom. The Morgan fingerprint density at radius 2 is 2.18 bits per heavy atom. The Bertz CT molecular complexity index is 401. The highest BCUT2D eigenvalue weighted by Gasteiger charge is 2.44. The molecule has 1 unspecified atom stereocenters. The van der Waals surface area contributed by atoms with Gasteiger partial charge in [0.05, 0.1) is 13.3 Å². The molecule has 1 aliphatic heterocycles. The third kappa shape index (κ3) is 3.02. The minimum absolute atomic E-state index is 0.102. The molecule has 0 saturated carbocycles. The van der Waals surface area contributed by atoms with Gasteiger partial charge in [0.1, 0.15) is 6.61 Å². The van der Waals surface area contributed by atoms with Crippen LogP contribution >= 0.6 is 15.9 Å². The van der Waals surface area contributed by atoms with E-state index in [1.165, 1.54) is 0 Å². The Labute approximate surface area is 108 Å². The SMILES string of the molecule is O=[N+]([O-])C1(Br)COCN(Cc2ccccc2)C1. The maximum atomic E-state index is 10.9. The largest absolute Gasteiger partial charge is 0.358 e. The van der Waals surface area contributed by atoms with Gasteiger partial charge in [-0.05, 0) is 5.56 Å². The summed E-state index contributed by atoms with van der Waals surface area (Å²) in [5.41, 5.74) is 1.12. The number of hydrogen-bond donors (Lipinski definition) is 0. The lowest BCUT2D eigenvalue weighted by Gasteiger charge is -2.32. The Morgan fingerprint density at radius 3 is 2.82 bits per heavy atom.